The summed E-state index contributed by atoms with van der Waals surface area (Å²) in [6.07, 6.45) is 1.89. The lowest BCUT2D eigenvalue weighted by atomic mass is 10.2. The Labute approximate surface area is 116 Å². The summed E-state index contributed by atoms with van der Waals surface area (Å²) in [6.45, 7) is 4.25. The van der Waals surface area contributed by atoms with Crippen LogP contribution in [0.3, 0.4) is 0 Å². The Bertz CT molecular complexity index is 355. The lowest BCUT2D eigenvalue weighted by Gasteiger charge is -2.07. The molecule has 0 aliphatic carbocycles. The SMILES string of the molecule is CCCOCCCNC(=O)c1ccccc1I. The van der Waals surface area contributed by atoms with Crippen molar-refractivity contribution in [1.29, 1.82) is 0 Å². The summed E-state index contributed by atoms with van der Waals surface area (Å²) in [6, 6.07) is 7.57. The van der Waals surface area contributed by atoms with Crippen LogP contribution in [0.5, 0.6) is 0 Å². The second kappa shape index (κ2) is 8.47. The first-order chi connectivity index (χ1) is 8.25. The number of hydrogen-bond donors (Lipinski definition) is 1. The van der Waals surface area contributed by atoms with Crippen molar-refractivity contribution in [1.82, 2.24) is 5.32 Å². The fourth-order valence-electron chi connectivity index (χ4n) is 1.36. The molecule has 0 spiro atoms. The molecule has 0 saturated carbocycles. The van der Waals surface area contributed by atoms with E-state index in [1.165, 1.54) is 0 Å². The van der Waals surface area contributed by atoms with E-state index in [0.29, 0.717) is 13.2 Å². The maximum absolute atomic E-state index is 11.8. The van der Waals surface area contributed by atoms with Crippen molar-refractivity contribution in [3.05, 3.63) is 33.4 Å². The van der Waals surface area contributed by atoms with Crippen molar-refractivity contribution in [2.45, 2.75) is 19.8 Å². The summed E-state index contributed by atoms with van der Waals surface area (Å²) in [5, 5.41) is 2.89. The summed E-state index contributed by atoms with van der Waals surface area (Å²) in [5.74, 6) is -0.00880. The average Bonchev–Trinajstić information content (AvgIpc) is 2.34. The molecule has 1 aromatic carbocycles. The minimum atomic E-state index is -0.00880. The standard InChI is InChI=1S/C13H18INO2/c1-2-9-17-10-5-8-15-13(16)11-6-3-4-7-12(11)14/h3-4,6-7H,2,5,8-10H2,1H3,(H,15,16). The van der Waals surface area contributed by atoms with E-state index in [1.54, 1.807) is 0 Å². The molecule has 0 heterocycles. The molecule has 4 heteroatoms. The van der Waals surface area contributed by atoms with Crippen molar-refractivity contribution in [2.75, 3.05) is 19.8 Å². The number of ether oxygens (including phenoxy) is 1. The third kappa shape index (κ3) is 5.50. The molecule has 3 nitrogen and oxygen atoms in total. The van der Waals surface area contributed by atoms with Crippen LogP contribution in [0.1, 0.15) is 30.1 Å². The van der Waals surface area contributed by atoms with Crippen molar-refractivity contribution < 1.29 is 9.53 Å². The van der Waals surface area contributed by atoms with Crippen molar-refractivity contribution in [2.24, 2.45) is 0 Å². The van der Waals surface area contributed by atoms with E-state index in [2.05, 4.69) is 34.8 Å². The van der Waals surface area contributed by atoms with E-state index < -0.39 is 0 Å². The Morgan fingerprint density at radius 1 is 1.35 bits per heavy atom. The third-order valence-electron chi connectivity index (χ3n) is 2.22. The number of carbonyl (C=O) groups excluding carboxylic acids is 1. The minimum absolute atomic E-state index is 0.00880. The normalized spacial score (nSPS) is 10.2. The van der Waals surface area contributed by atoms with Crippen LogP contribution >= 0.6 is 22.6 Å². The lowest BCUT2D eigenvalue weighted by Crippen LogP contribution is -2.26. The molecule has 1 N–H and O–H groups in total. The highest BCUT2D eigenvalue weighted by atomic mass is 127. The van der Waals surface area contributed by atoms with Crippen molar-refractivity contribution in [3.63, 3.8) is 0 Å². The Hall–Kier alpha value is -0.620. The van der Waals surface area contributed by atoms with E-state index in [-0.39, 0.29) is 5.91 Å². The number of nitrogens with one attached hydrogen (secondary N) is 1. The summed E-state index contributed by atoms with van der Waals surface area (Å²) in [4.78, 5) is 11.8. The van der Waals surface area contributed by atoms with Gasteiger partial charge in [-0.1, -0.05) is 19.1 Å². The van der Waals surface area contributed by atoms with Crippen molar-refractivity contribution in [3.8, 4) is 0 Å². The Kier molecular flexibility index (Phi) is 7.19. The van der Waals surface area contributed by atoms with Gasteiger partial charge in [-0.25, -0.2) is 0 Å². The molecule has 94 valence electrons. The number of carbonyl (C=O) groups is 1. The molecule has 0 fully saturated rings. The van der Waals surface area contributed by atoms with Crippen molar-refractivity contribution >= 4 is 28.5 Å². The zero-order valence-corrected chi connectivity index (χ0v) is 12.2. The molecule has 0 saturated heterocycles. The van der Waals surface area contributed by atoms with E-state index >= 15 is 0 Å². The van der Waals surface area contributed by atoms with Crippen LogP contribution in [-0.4, -0.2) is 25.7 Å². The van der Waals surface area contributed by atoms with Gasteiger partial charge in [-0.05, 0) is 47.6 Å². The van der Waals surface area contributed by atoms with Crippen LogP contribution in [0, 0.1) is 3.57 Å². The number of rotatable bonds is 7. The highest BCUT2D eigenvalue weighted by Crippen LogP contribution is 2.10. The average molecular weight is 347 g/mol. The van der Waals surface area contributed by atoms with Crippen LogP contribution in [0.25, 0.3) is 0 Å². The van der Waals surface area contributed by atoms with Crippen LogP contribution in [0.4, 0.5) is 0 Å². The molecule has 1 amide bonds. The van der Waals surface area contributed by atoms with Gasteiger partial charge >= 0.3 is 0 Å². The molecule has 0 aliphatic heterocycles. The first-order valence-corrected chi connectivity index (χ1v) is 6.94. The topological polar surface area (TPSA) is 38.3 Å². The molecule has 0 atom stereocenters. The van der Waals surface area contributed by atoms with Gasteiger partial charge in [0.15, 0.2) is 0 Å². The highest BCUT2D eigenvalue weighted by molar-refractivity contribution is 14.1. The smallest absolute Gasteiger partial charge is 0.252 e. The largest absolute Gasteiger partial charge is 0.381 e. The summed E-state index contributed by atoms with van der Waals surface area (Å²) in [7, 11) is 0. The second-order valence-electron chi connectivity index (χ2n) is 3.70. The zero-order chi connectivity index (χ0) is 12.5. The van der Waals surface area contributed by atoms with Crippen LogP contribution in [0.15, 0.2) is 24.3 Å². The molecule has 1 aromatic rings. The predicted octanol–water partition coefficient (Wildman–Crippen LogP) is 2.84. The molecule has 1 rings (SSSR count). The lowest BCUT2D eigenvalue weighted by molar-refractivity contribution is 0.0940. The van der Waals surface area contributed by atoms with E-state index in [0.717, 1.165) is 28.6 Å². The summed E-state index contributed by atoms with van der Waals surface area (Å²) in [5.41, 5.74) is 0.738. The quantitative estimate of drug-likeness (QED) is 0.609. The van der Waals surface area contributed by atoms with Gasteiger partial charge in [0.2, 0.25) is 0 Å². The summed E-state index contributed by atoms with van der Waals surface area (Å²) < 4.78 is 6.32. The number of hydrogen-bond acceptors (Lipinski definition) is 2. The van der Waals surface area contributed by atoms with Gasteiger partial charge < -0.3 is 10.1 Å². The predicted molar refractivity (Wildman–Crippen MR) is 77.2 cm³/mol. The summed E-state index contributed by atoms with van der Waals surface area (Å²) >= 11 is 2.17. The molecular formula is C13H18INO2. The number of benzene rings is 1. The van der Waals surface area contributed by atoms with Gasteiger partial charge in [0.05, 0.1) is 5.56 Å². The van der Waals surface area contributed by atoms with Gasteiger partial charge in [-0.3, -0.25) is 4.79 Å². The highest BCUT2D eigenvalue weighted by Gasteiger charge is 2.07. The van der Waals surface area contributed by atoms with E-state index in [4.69, 9.17) is 4.74 Å². The van der Waals surface area contributed by atoms with Gasteiger partial charge in [0, 0.05) is 23.3 Å². The Balaban J connectivity index is 2.24. The fourth-order valence-corrected chi connectivity index (χ4v) is 2.00. The maximum Gasteiger partial charge on any atom is 0.252 e. The van der Waals surface area contributed by atoms with E-state index in [1.807, 2.05) is 24.3 Å². The molecule has 0 radical (unpaired) electrons. The maximum atomic E-state index is 11.8. The molecule has 0 bridgehead atoms. The van der Waals surface area contributed by atoms with Crippen LogP contribution in [-0.2, 0) is 4.74 Å². The molecule has 17 heavy (non-hydrogen) atoms. The zero-order valence-electron chi connectivity index (χ0n) is 10.0. The fraction of sp³-hybridized carbons (Fsp3) is 0.462. The van der Waals surface area contributed by atoms with Gasteiger partial charge in [-0.2, -0.15) is 0 Å². The van der Waals surface area contributed by atoms with Gasteiger partial charge in [0.1, 0.15) is 0 Å². The third-order valence-corrected chi connectivity index (χ3v) is 3.16. The first-order valence-electron chi connectivity index (χ1n) is 5.86. The molecule has 0 unspecified atom stereocenters. The monoisotopic (exact) mass is 347 g/mol. The Morgan fingerprint density at radius 2 is 2.12 bits per heavy atom. The van der Waals surface area contributed by atoms with Crippen LogP contribution < -0.4 is 5.32 Å². The molecular weight excluding hydrogens is 329 g/mol. The van der Waals surface area contributed by atoms with Crippen LogP contribution in [0.2, 0.25) is 0 Å². The first kappa shape index (κ1) is 14.4. The Morgan fingerprint density at radius 3 is 2.82 bits per heavy atom. The molecule has 0 aromatic heterocycles. The minimum Gasteiger partial charge on any atom is -0.381 e. The van der Waals surface area contributed by atoms with E-state index in [9.17, 15) is 4.79 Å². The number of amides is 1. The second-order valence-corrected chi connectivity index (χ2v) is 4.86. The number of halogens is 1. The molecule has 0 aliphatic rings. The van der Waals surface area contributed by atoms with Gasteiger partial charge in [0.25, 0.3) is 5.91 Å². The van der Waals surface area contributed by atoms with Gasteiger partial charge in [-0.15, -0.1) is 0 Å².